The van der Waals surface area contributed by atoms with E-state index in [-0.39, 0.29) is 17.4 Å². The van der Waals surface area contributed by atoms with E-state index in [1.165, 1.54) is 0 Å². The van der Waals surface area contributed by atoms with Gasteiger partial charge in [-0.2, -0.15) is 0 Å². The van der Waals surface area contributed by atoms with Gasteiger partial charge >= 0.3 is 0 Å². The largest absolute Gasteiger partial charge is 0.489 e. The number of benzene rings is 2. The fraction of sp³-hybridized carbons (Fsp3) is 0.250. The molecular formula is C24H25N3O4S. The van der Waals surface area contributed by atoms with Crippen LogP contribution in [-0.2, 0) is 21.2 Å². The number of carbonyl (C=O) groups excluding carboxylic acids is 1. The number of sulfone groups is 1. The summed E-state index contributed by atoms with van der Waals surface area (Å²) in [7, 11) is -3.05. The van der Waals surface area contributed by atoms with Gasteiger partial charge in [0.2, 0.25) is 5.91 Å². The van der Waals surface area contributed by atoms with E-state index in [2.05, 4.69) is 10.3 Å². The fourth-order valence-corrected chi connectivity index (χ4v) is 4.90. The average Bonchev–Trinajstić information content (AvgIpc) is 2.81. The summed E-state index contributed by atoms with van der Waals surface area (Å²) < 4.78 is 29.6. The molecule has 0 spiro atoms. The van der Waals surface area contributed by atoms with Crippen molar-refractivity contribution < 1.29 is 17.9 Å². The van der Waals surface area contributed by atoms with E-state index in [1.807, 2.05) is 59.5 Å². The SMILES string of the molecule is O=C(Nc1cccc(OCc2cccnc2)c1)C(c1ccccc1)N1CCS(=O)(=O)CC1. The molecule has 1 amide bonds. The van der Waals surface area contributed by atoms with Crippen molar-refractivity contribution in [2.45, 2.75) is 12.6 Å². The number of nitrogens with zero attached hydrogens (tertiary/aromatic N) is 2. The normalized spacial score (nSPS) is 16.8. The second kappa shape index (κ2) is 9.93. The number of carbonyl (C=O) groups is 1. The zero-order valence-corrected chi connectivity index (χ0v) is 18.4. The van der Waals surface area contributed by atoms with E-state index >= 15 is 0 Å². The van der Waals surface area contributed by atoms with Crippen LogP contribution < -0.4 is 10.1 Å². The minimum absolute atomic E-state index is 0.0568. The van der Waals surface area contributed by atoms with Gasteiger partial charge in [-0.1, -0.05) is 42.5 Å². The Bertz CT molecular complexity index is 1140. The Kier molecular flexibility index (Phi) is 6.82. The van der Waals surface area contributed by atoms with Crippen LogP contribution in [0.1, 0.15) is 17.2 Å². The molecule has 1 saturated heterocycles. The third kappa shape index (κ3) is 5.72. The molecule has 3 aromatic rings. The molecule has 0 saturated carbocycles. The zero-order chi connectivity index (χ0) is 22.4. The summed E-state index contributed by atoms with van der Waals surface area (Å²) in [4.78, 5) is 19.3. The number of amides is 1. The van der Waals surface area contributed by atoms with Crippen molar-refractivity contribution in [1.29, 1.82) is 0 Å². The Balaban J connectivity index is 1.48. The van der Waals surface area contributed by atoms with Crippen molar-refractivity contribution in [3.8, 4) is 5.75 Å². The van der Waals surface area contributed by atoms with Crippen molar-refractivity contribution in [3.63, 3.8) is 0 Å². The lowest BCUT2D eigenvalue weighted by molar-refractivity contribution is -0.121. The number of anilines is 1. The summed E-state index contributed by atoms with van der Waals surface area (Å²) >= 11 is 0. The fourth-order valence-electron chi connectivity index (χ4n) is 3.67. The highest BCUT2D eigenvalue weighted by Crippen LogP contribution is 2.26. The molecular weight excluding hydrogens is 426 g/mol. The minimum Gasteiger partial charge on any atom is -0.489 e. The average molecular weight is 452 g/mol. The maximum Gasteiger partial charge on any atom is 0.246 e. The van der Waals surface area contributed by atoms with Crippen LogP contribution in [-0.4, -0.2) is 48.8 Å². The Morgan fingerprint density at radius 2 is 1.81 bits per heavy atom. The molecule has 1 N–H and O–H groups in total. The van der Waals surface area contributed by atoms with Gasteiger partial charge in [0, 0.05) is 42.8 Å². The third-order valence-corrected chi connectivity index (χ3v) is 6.95. The topological polar surface area (TPSA) is 88.6 Å². The van der Waals surface area contributed by atoms with E-state index in [0.717, 1.165) is 11.1 Å². The molecule has 0 aliphatic carbocycles. The number of ether oxygens (including phenoxy) is 1. The minimum atomic E-state index is -3.05. The van der Waals surface area contributed by atoms with Crippen LogP contribution in [0.25, 0.3) is 0 Å². The predicted molar refractivity (Wildman–Crippen MR) is 123 cm³/mol. The first kappa shape index (κ1) is 22.0. The molecule has 4 rings (SSSR count). The number of hydrogen-bond donors (Lipinski definition) is 1. The first-order chi connectivity index (χ1) is 15.5. The second-order valence-corrected chi connectivity index (χ2v) is 9.97. The molecule has 0 bridgehead atoms. The van der Waals surface area contributed by atoms with Crippen molar-refractivity contribution in [1.82, 2.24) is 9.88 Å². The molecule has 8 heteroatoms. The summed E-state index contributed by atoms with van der Waals surface area (Å²) in [5.41, 5.74) is 2.39. The summed E-state index contributed by atoms with van der Waals surface area (Å²) in [5, 5.41) is 2.97. The van der Waals surface area contributed by atoms with Gasteiger partial charge in [0.05, 0.1) is 11.5 Å². The highest BCUT2D eigenvalue weighted by Gasteiger charge is 2.32. The van der Waals surface area contributed by atoms with Gasteiger partial charge in [-0.05, 0) is 23.8 Å². The van der Waals surface area contributed by atoms with Gasteiger partial charge in [0.1, 0.15) is 18.4 Å². The van der Waals surface area contributed by atoms with Gasteiger partial charge < -0.3 is 10.1 Å². The Morgan fingerprint density at radius 1 is 1.03 bits per heavy atom. The van der Waals surface area contributed by atoms with Crippen molar-refractivity contribution >= 4 is 21.4 Å². The van der Waals surface area contributed by atoms with Crippen LogP contribution >= 0.6 is 0 Å². The lowest BCUT2D eigenvalue weighted by atomic mass is 10.0. The molecule has 1 aliphatic rings. The zero-order valence-electron chi connectivity index (χ0n) is 17.6. The van der Waals surface area contributed by atoms with E-state index in [4.69, 9.17) is 4.74 Å². The Morgan fingerprint density at radius 3 is 2.53 bits per heavy atom. The lowest BCUT2D eigenvalue weighted by Crippen LogP contribution is -2.46. The third-order valence-electron chi connectivity index (χ3n) is 5.34. The van der Waals surface area contributed by atoms with E-state index in [0.29, 0.717) is 31.1 Å². The van der Waals surface area contributed by atoms with E-state index in [1.54, 1.807) is 24.5 Å². The predicted octanol–water partition coefficient (Wildman–Crippen LogP) is 3.07. The van der Waals surface area contributed by atoms with Crippen molar-refractivity contribution in [2.24, 2.45) is 0 Å². The number of aromatic nitrogens is 1. The van der Waals surface area contributed by atoms with Crippen LogP contribution in [0.3, 0.4) is 0 Å². The molecule has 1 unspecified atom stereocenters. The molecule has 32 heavy (non-hydrogen) atoms. The number of nitrogens with one attached hydrogen (secondary N) is 1. The van der Waals surface area contributed by atoms with Gasteiger partial charge in [0.25, 0.3) is 0 Å². The molecule has 1 aliphatic heterocycles. The first-order valence-corrected chi connectivity index (χ1v) is 12.2. The molecule has 7 nitrogen and oxygen atoms in total. The van der Waals surface area contributed by atoms with Crippen molar-refractivity contribution in [2.75, 3.05) is 29.9 Å². The van der Waals surface area contributed by atoms with Crippen LogP contribution in [0, 0.1) is 0 Å². The maximum absolute atomic E-state index is 13.3. The van der Waals surface area contributed by atoms with Crippen LogP contribution in [0.15, 0.2) is 79.1 Å². The highest BCUT2D eigenvalue weighted by molar-refractivity contribution is 7.91. The summed E-state index contributed by atoms with van der Waals surface area (Å²) in [6.07, 6.45) is 3.45. The smallest absolute Gasteiger partial charge is 0.246 e. The Labute approximate surface area is 188 Å². The summed E-state index contributed by atoms with van der Waals surface area (Å²) in [5.74, 6) is 0.537. The number of pyridine rings is 1. The number of hydrogen-bond acceptors (Lipinski definition) is 6. The lowest BCUT2D eigenvalue weighted by Gasteiger charge is -2.33. The second-order valence-electron chi connectivity index (χ2n) is 7.67. The van der Waals surface area contributed by atoms with E-state index < -0.39 is 15.9 Å². The van der Waals surface area contributed by atoms with Crippen LogP contribution in [0.2, 0.25) is 0 Å². The molecule has 2 aromatic carbocycles. The molecule has 0 radical (unpaired) electrons. The molecule has 166 valence electrons. The quantitative estimate of drug-likeness (QED) is 0.594. The van der Waals surface area contributed by atoms with Gasteiger partial charge in [-0.3, -0.25) is 14.7 Å². The first-order valence-electron chi connectivity index (χ1n) is 10.4. The van der Waals surface area contributed by atoms with Gasteiger partial charge in [-0.15, -0.1) is 0 Å². The van der Waals surface area contributed by atoms with E-state index in [9.17, 15) is 13.2 Å². The monoisotopic (exact) mass is 451 g/mol. The Hall–Kier alpha value is -3.23. The van der Waals surface area contributed by atoms with Crippen LogP contribution in [0.5, 0.6) is 5.75 Å². The molecule has 2 heterocycles. The summed E-state index contributed by atoms with van der Waals surface area (Å²) in [6.45, 7) is 1.02. The standard InChI is InChI=1S/C24H25N3O4S/c28-24(23(20-7-2-1-3-8-20)27-12-14-32(29,30)15-13-27)26-21-9-4-10-22(16-21)31-18-19-6-5-11-25-17-19/h1-11,16-17,23H,12-15,18H2,(H,26,28). The molecule has 1 fully saturated rings. The highest BCUT2D eigenvalue weighted by atomic mass is 32.2. The number of rotatable bonds is 7. The van der Waals surface area contributed by atoms with Gasteiger partial charge in [-0.25, -0.2) is 8.42 Å². The maximum atomic E-state index is 13.3. The summed E-state index contributed by atoms with van der Waals surface area (Å²) in [6, 6.07) is 19.9. The molecule has 1 aromatic heterocycles. The van der Waals surface area contributed by atoms with Crippen molar-refractivity contribution in [3.05, 3.63) is 90.3 Å². The van der Waals surface area contributed by atoms with Gasteiger partial charge in [0.15, 0.2) is 9.84 Å². The molecule has 1 atom stereocenters. The van der Waals surface area contributed by atoms with Crippen LogP contribution in [0.4, 0.5) is 5.69 Å².